The first kappa shape index (κ1) is 14.1. The van der Waals surface area contributed by atoms with Gasteiger partial charge in [0, 0.05) is 19.7 Å². The monoisotopic (exact) mass is 310 g/mol. The third-order valence-electron chi connectivity index (χ3n) is 3.35. The van der Waals surface area contributed by atoms with Crippen molar-refractivity contribution >= 4 is 11.2 Å². The molecule has 22 heavy (non-hydrogen) atoms. The van der Waals surface area contributed by atoms with E-state index in [1.165, 1.54) is 14.1 Å². The number of aromatic nitrogens is 4. The van der Waals surface area contributed by atoms with Crippen molar-refractivity contribution in [1.82, 2.24) is 19.1 Å². The lowest BCUT2D eigenvalue weighted by molar-refractivity contribution is 0.447. The molecule has 0 saturated heterocycles. The van der Waals surface area contributed by atoms with E-state index in [9.17, 15) is 22.8 Å². The fourth-order valence-corrected chi connectivity index (χ4v) is 2.15. The van der Waals surface area contributed by atoms with Crippen LogP contribution < -0.4 is 11.2 Å². The van der Waals surface area contributed by atoms with E-state index in [0.717, 1.165) is 21.3 Å². The van der Waals surface area contributed by atoms with Crippen LogP contribution in [-0.4, -0.2) is 19.1 Å². The molecule has 0 spiro atoms. The molecule has 3 aromatic rings. The number of imidazole rings is 1. The summed E-state index contributed by atoms with van der Waals surface area (Å²) in [5, 5.41) is 0. The zero-order valence-corrected chi connectivity index (χ0v) is 11.4. The highest BCUT2D eigenvalue weighted by molar-refractivity contribution is 5.75. The molecular weight excluding hydrogens is 301 g/mol. The number of nitrogens with one attached hydrogen (secondary N) is 1. The molecule has 0 bridgehead atoms. The second kappa shape index (κ2) is 4.58. The molecule has 0 radical (unpaired) electrons. The molecule has 0 fully saturated rings. The van der Waals surface area contributed by atoms with Gasteiger partial charge in [-0.25, -0.2) is 22.9 Å². The molecule has 2 aromatic heterocycles. The highest BCUT2D eigenvalue weighted by Gasteiger charge is 2.17. The number of nitrogens with zero attached hydrogens (tertiary/aromatic N) is 3. The van der Waals surface area contributed by atoms with E-state index in [2.05, 4.69) is 9.97 Å². The first-order valence-electron chi connectivity index (χ1n) is 6.12. The number of benzene rings is 1. The van der Waals surface area contributed by atoms with Crippen LogP contribution in [0.15, 0.2) is 21.7 Å². The number of rotatable bonds is 1. The minimum Gasteiger partial charge on any atom is -0.332 e. The zero-order valence-electron chi connectivity index (χ0n) is 11.4. The normalized spacial score (nSPS) is 11.3. The average Bonchev–Trinajstić information content (AvgIpc) is 2.93. The SMILES string of the molecule is Cn1c(=O)c2[nH]c(-c3cc(F)c(F)c(F)c3)nc2n(C)c1=O. The van der Waals surface area contributed by atoms with Gasteiger partial charge in [-0.3, -0.25) is 13.9 Å². The number of hydrogen-bond donors (Lipinski definition) is 1. The summed E-state index contributed by atoms with van der Waals surface area (Å²) in [6, 6.07) is 1.50. The van der Waals surface area contributed by atoms with Crippen molar-refractivity contribution in [2.24, 2.45) is 14.1 Å². The van der Waals surface area contributed by atoms with E-state index in [4.69, 9.17) is 0 Å². The maximum Gasteiger partial charge on any atom is 0.332 e. The second-order valence-electron chi connectivity index (χ2n) is 4.74. The molecule has 1 N–H and O–H groups in total. The molecule has 2 heterocycles. The number of H-pyrrole nitrogens is 1. The van der Waals surface area contributed by atoms with Gasteiger partial charge in [0.05, 0.1) is 0 Å². The molecule has 0 aliphatic carbocycles. The maximum atomic E-state index is 13.3. The van der Waals surface area contributed by atoms with Crippen molar-refractivity contribution in [3.63, 3.8) is 0 Å². The van der Waals surface area contributed by atoms with E-state index in [-0.39, 0.29) is 22.6 Å². The Labute approximate surface area is 120 Å². The lowest BCUT2D eigenvalue weighted by Crippen LogP contribution is -2.36. The van der Waals surface area contributed by atoms with Gasteiger partial charge in [-0.2, -0.15) is 0 Å². The zero-order chi connectivity index (χ0) is 16.2. The van der Waals surface area contributed by atoms with Crippen molar-refractivity contribution in [3.05, 3.63) is 50.4 Å². The minimum absolute atomic E-state index is 0.00439. The third-order valence-corrected chi connectivity index (χ3v) is 3.35. The van der Waals surface area contributed by atoms with Gasteiger partial charge < -0.3 is 4.98 Å². The predicted molar refractivity (Wildman–Crippen MR) is 71.9 cm³/mol. The quantitative estimate of drug-likeness (QED) is 0.683. The first-order valence-corrected chi connectivity index (χ1v) is 6.12. The summed E-state index contributed by atoms with van der Waals surface area (Å²) in [5.41, 5.74) is -1.26. The van der Waals surface area contributed by atoms with Crippen LogP contribution in [-0.2, 0) is 14.1 Å². The summed E-state index contributed by atoms with van der Waals surface area (Å²) in [7, 11) is 2.70. The van der Waals surface area contributed by atoms with Crippen LogP contribution in [0.4, 0.5) is 13.2 Å². The molecule has 0 aliphatic heterocycles. The summed E-state index contributed by atoms with van der Waals surface area (Å²) in [5.74, 6) is -4.40. The second-order valence-corrected chi connectivity index (χ2v) is 4.74. The lowest BCUT2D eigenvalue weighted by atomic mass is 10.2. The highest BCUT2D eigenvalue weighted by atomic mass is 19.2. The Bertz CT molecular complexity index is 1010. The Morgan fingerprint density at radius 1 is 1.05 bits per heavy atom. The largest absolute Gasteiger partial charge is 0.332 e. The molecule has 0 unspecified atom stereocenters. The standard InChI is InChI=1S/C13H9F3N4O2/c1-19-11-9(12(21)20(2)13(19)22)17-10(18-11)5-3-6(14)8(16)7(15)4-5/h3-4H,1-2H3,(H,17,18). The van der Waals surface area contributed by atoms with Gasteiger partial charge in [0.15, 0.2) is 23.1 Å². The molecule has 0 atom stereocenters. The van der Waals surface area contributed by atoms with Crippen LogP contribution in [0.2, 0.25) is 0 Å². The van der Waals surface area contributed by atoms with E-state index in [1.807, 2.05) is 0 Å². The van der Waals surface area contributed by atoms with Crippen molar-refractivity contribution < 1.29 is 13.2 Å². The number of aryl methyl sites for hydroxylation is 1. The summed E-state index contributed by atoms with van der Waals surface area (Å²) in [4.78, 5) is 30.4. The van der Waals surface area contributed by atoms with Crippen molar-refractivity contribution in [1.29, 1.82) is 0 Å². The molecule has 0 aliphatic rings. The predicted octanol–water partition coefficient (Wildman–Crippen LogP) is 1.04. The van der Waals surface area contributed by atoms with E-state index < -0.39 is 28.7 Å². The number of fused-ring (bicyclic) bond motifs is 1. The molecule has 9 heteroatoms. The Hall–Kier alpha value is -2.84. The van der Waals surface area contributed by atoms with Gasteiger partial charge in [0.25, 0.3) is 5.56 Å². The number of hydrogen-bond acceptors (Lipinski definition) is 3. The third kappa shape index (κ3) is 1.85. The van der Waals surface area contributed by atoms with Crippen LogP contribution in [0.25, 0.3) is 22.6 Å². The minimum atomic E-state index is -1.59. The topological polar surface area (TPSA) is 72.7 Å². The summed E-state index contributed by atoms with van der Waals surface area (Å²) in [6.07, 6.45) is 0. The van der Waals surface area contributed by atoms with Gasteiger partial charge in [0.2, 0.25) is 0 Å². The molecule has 1 aromatic carbocycles. The molecular formula is C13H9F3N4O2. The van der Waals surface area contributed by atoms with Gasteiger partial charge in [-0.1, -0.05) is 0 Å². The Morgan fingerprint density at radius 3 is 2.23 bits per heavy atom. The molecule has 114 valence electrons. The van der Waals surface area contributed by atoms with Crippen molar-refractivity contribution in [3.8, 4) is 11.4 Å². The number of halogens is 3. The summed E-state index contributed by atoms with van der Waals surface area (Å²) in [6.45, 7) is 0. The van der Waals surface area contributed by atoms with Crippen LogP contribution in [0.5, 0.6) is 0 Å². The first-order chi connectivity index (χ1) is 10.3. The average molecular weight is 310 g/mol. The van der Waals surface area contributed by atoms with E-state index in [1.54, 1.807) is 0 Å². The summed E-state index contributed by atoms with van der Waals surface area (Å²) < 4.78 is 41.6. The van der Waals surface area contributed by atoms with Crippen LogP contribution >= 0.6 is 0 Å². The van der Waals surface area contributed by atoms with Crippen molar-refractivity contribution in [2.75, 3.05) is 0 Å². The van der Waals surface area contributed by atoms with Gasteiger partial charge in [0.1, 0.15) is 11.3 Å². The Morgan fingerprint density at radius 2 is 1.64 bits per heavy atom. The van der Waals surface area contributed by atoms with Crippen LogP contribution in [0, 0.1) is 17.5 Å². The van der Waals surface area contributed by atoms with Gasteiger partial charge in [-0.15, -0.1) is 0 Å². The van der Waals surface area contributed by atoms with E-state index in [0.29, 0.717) is 0 Å². The lowest BCUT2D eigenvalue weighted by Gasteiger charge is -2.00. The number of aromatic amines is 1. The Balaban J connectivity index is 2.35. The van der Waals surface area contributed by atoms with Gasteiger partial charge in [-0.05, 0) is 12.1 Å². The molecule has 0 amide bonds. The maximum absolute atomic E-state index is 13.3. The summed E-state index contributed by atoms with van der Waals surface area (Å²) >= 11 is 0. The molecule has 3 rings (SSSR count). The van der Waals surface area contributed by atoms with Crippen molar-refractivity contribution in [2.45, 2.75) is 0 Å². The Kier molecular flexibility index (Phi) is 2.94. The fraction of sp³-hybridized carbons (Fsp3) is 0.154. The van der Waals surface area contributed by atoms with Crippen LogP contribution in [0.1, 0.15) is 0 Å². The van der Waals surface area contributed by atoms with Gasteiger partial charge >= 0.3 is 5.69 Å². The van der Waals surface area contributed by atoms with E-state index >= 15 is 0 Å². The smallest absolute Gasteiger partial charge is 0.332 e. The highest BCUT2D eigenvalue weighted by Crippen LogP contribution is 2.22. The van der Waals surface area contributed by atoms with Crippen LogP contribution in [0.3, 0.4) is 0 Å². The molecule has 0 saturated carbocycles. The fourth-order valence-electron chi connectivity index (χ4n) is 2.15. The molecule has 6 nitrogen and oxygen atoms in total.